The van der Waals surface area contributed by atoms with Gasteiger partial charge in [-0.15, -0.1) is 6.58 Å². The molecule has 8 heteroatoms. The minimum Gasteiger partial charge on any atom is -0.349 e. The summed E-state index contributed by atoms with van der Waals surface area (Å²) in [6.45, 7) is 5.73. The summed E-state index contributed by atoms with van der Waals surface area (Å²) in [6, 6.07) is 13.8. The van der Waals surface area contributed by atoms with Gasteiger partial charge in [0.2, 0.25) is 0 Å². The minimum absolute atomic E-state index is 0.0375. The molecule has 0 spiro atoms. The van der Waals surface area contributed by atoms with Crippen LogP contribution in [0.3, 0.4) is 0 Å². The summed E-state index contributed by atoms with van der Waals surface area (Å²) in [7, 11) is -3.95. The fourth-order valence-electron chi connectivity index (χ4n) is 4.14. The van der Waals surface area contributed by atoms with Crippen molar-refractivity contribution in [3.05, 3.63) is 71.8 Å². The smallest absolute Gasteiger partial charge is 0.264 e. The Bertz CT molecular complexity index is 1090. The Morgan fingerprint density at radius 2 is 1.84 bits per heavy atom. The number of anilines is 1. The summed E-state index contributed by atoms with van der Waals surface area (Å²) in [6.07, 6.45) is 5.91. The Hall–Kier alpha value is -2.35. The molecule has 0 radical (unpaired) electrons. The van der Waals surface area contributed by atoms with Gasteiger partial charge in [-0.2, -0.15) is 0 Å². The zero-order chi connectivity index (χ0) is 22.7. The summed E-state index contributed by atoms with van der Waals surface area (Å²) in [5.74, 6) is -0.250. The van der Waals surface area contributed by atoms with E-state index in [0.29, 0.717) is 16.3 Å². The molecule has 0 aromatic heterocycles. The average molecular weight is 474 g/mol. The number of para-hydroxylation sites is 1. The van der Waals surface area contributed by atoms with Crippen LogP contribution in [0, 0.1) is 0 Å². The molecule has 32 heavy (non-hydrogen) atoms. The van der Waals surface area contributed by atoms with E-state index in [9.17, 15) is 13.2 Å². The van der Waals surface area contributed by atoms with Crippen LogP contribution < -0.4 is 9.62 Å². The van der Waals surface area contributed by atoms with E-state index in [2.05, 4.69) is 16.8 Å². The molecule has 2 aromatic carbocycles. The van der Waals surface area contributed by atoms with Crippen LogP contribution >= 0.6 is 11.6 Å². The zero-order valence-corrected chi connectivity index (χ0v) is 19.5. The fourth-order valence-corrected chi connectivity index (χ4v) is 5.93. The van der Waals surface area contributed by atoms with Crippen LogP contribution in [0.4, 0.5) is 5.69 Å². The number of hydrogen-bond donors (Lipinski definition) is 1. The van der Waals surface area contributed by atoms with Gasteiger partial charge in [0.25, 0.3) is 15.9 Å². The first kappa shape index (κ1) is 22.8. The van der Waals surface area contributed by atoms with Crippen molar-refractivity contribution in [3.8, 4) is 0 Å². The Morgan fingerprint density at radius 1 is 1.12 bits per heavy atom. The quantitative estimate of drug-likeness (QED) is 0.586. The second kappa shape index (κ2) is 9.65. The molecule has 1 aliphatic carbocycles. The predicted octanol–water partition coefficient (Wildman–Crippen LogP) is 4.08. The first-order valence-electron chi connectivity index (χ1n) is 10.9. The van der Waals surface area contributed by atoms with Gasteiger partial charge in [0.15, 0.2) is 0 Å². The molecule has 1 amide bonds. The number of nitrogens with zero attached hydrogens (tertiary/aromatic N) is 2. The van der Waals surface area contributed by atoms with Crippen molar-refractivity contribution in [1.82, 2.24) is 10.2 Å². The summed E-state index contributed by atoms with van der Waals surface area (Å²) >= 11 is 6.26. The van der Waals surface area contributed by atoms with Gasteiger partial charge >= 0.3 is 0 Å². The number of likely N-dealkylation sites (tertiary alicyclic amines) is 1. The van der Waals surface area contributed by atoms with Crippen LogP contribution in [0.5, 0.6) is 0 Å². The Kier molecular flexibility index (Phi) is 6.88. The third-order valence-corrected chi connectivity index (χ3v) is 8.12. The number of rotatable bonds is 8. The zero-order valence-electron chi connectivity index (χ0n) is 17.9. The van der Waals surface area contributed by atoms with Gasteiger partial charge in [-0.25, -0.2) is 8.42 Å². The maximum absolute atomic E-state index is 13.4. The van der Waals surface area contributed by atoms with E-state index in [0.717, 1.165) is 32.0 Å². The molecule has 1 N–H and O–H groups in total. The molecule has 0 unspecified atom stereocenters. The van der Waals surface area contributed by atoms with E-state index >= 15 is 0 Å². The van der Waals surface area contributed by atoms with Gasteiger partial charge in [-0.05, 0) is 56.0 Å². The normalized spacial score (nSPS) is 17.7. The second-order valence-corrected chi connectivity index (χ2v) is 10.6. The van der Waals surface area contributed by atoms with Gasteiger partial charge in [0.1, 0.15) is 0 Å². The van der Waals surface area contributed by atoms with Crippen molar-refractivity contribution in [2.45, 2.75) is 42.7 Å². The SMILES string of the molecule is C=CCN(c1ccccc1Cl)S(=O)(=O)c1cccc(C(=O)NC2CCN(C3CC3)CC2)c1. The molecule has 1 heterocycles. The van der Waals surface area contributed by atoms with Crippen molar-refractivity contribution in [1.29, 1.82) is 0 Å². The van der Waals surface area contributed by atoms with Crippen molar-refractivity contribution >= 4 is 33.2 Å². The molecule has 1 saturated heterocycles. The summed E-state index contributed by atoms with van der Waals surface area (Å²) in [4.78, 5) is 15.4. The summed E-state index contributed by atoms with van der Waals surface area (Å²) in [5.41, 5.74) is 0.694. The maximum Gasteiger partial charge on any atom is 0.264 e. The Morgan fingerprint density at radius 3 is 2.50 bits per heavy atom. The molecule has 1 aliphatic heterocycles. The predicted molar refractivity (Wildman–Crippen MR) is 128 cm³/mol. The van der Waals surface area contributed by atoms with E-state index < -0.39 is 10.0 Å². The van der Waals surface area contributed by atoms with Crippen LogP contribution in [-0.2, 0) is 10.0 Å². The van der Waals surface area contributed by atoms with Gasteiger partial charge in [0.05, 0.1) is 22.2 Å². The number of piperidine rings is 1. The highest BCUT2D eigenvalue weighted by Gasteiger charge is 2.32. The molecular weight excluding hydrogens is 446 g/mol. The highest BCUT2D eigenvalue weighted by Crippen LogP contribution is 2.31. The standard InChI is InChI=1S/C24H28ClN3O3S/c1-2-14-28(23-9-4-3-8-22(23)25)32(30,31)21-7-5-6-18(17-21)24(29)26-19-12-15-27(16-13-19)20-10-11-20/h2-9,17,19-20H,1,10-16H2,(H,26,29). The van der Waals surface area contributed by atoms with Crippen LogP contribution in [-0.4, -0.2) is 50.9 Å². The van der Waals surface area contributed by atoms with Crippen molar-refractivity contribution in [2.24, 2.45) is 0 Å². The number of halogens is 1. The lowest BCUT2D eigenvalue weighted by Crippen LogP contribution is -2.45. The fraction of sp³-hybridized carbons (Fsp3) is 0.375. The molecular formula is C24H28ClN3O3S. The summed E-state index contributed by atoms with van der Waals surface area (Å²) in [5, 5.41) is 3.40. The number of amides is 1. The van der Waals surface area contributed by atoms with Crippen LogP contribution in [0.1, 0.15) is 36.0 Å². The minimum atomic E-state index is -3.95. The number of benzene rings is 2. The molecule has 0 bridgehead atoms. The van der Waals surface area contributed by atoms with Crippen molar-refractivity contribution < 1.29 is 13.2 Å². The number of carbonyl (C=O) groups excluding carboxylic acids is 1. The van der Waals surface area contributed by atoms with Crippen LogP contribution in [0.15, 0.2) is 66.1 Å². The van der Waals surface area contributed by atoms with Crippen molar-refractivity contribution in [2.75, 3.05) is 23.9 Å². The lowest BCUT2D eigenvalue weighted by Gasteiger charge is -2.32. The topological polar surface area (TPSA) is 69.7 Å². The largest absolute Gasteiger partial charge is 0.349 e. The maximum atomic E-state index is 13.4. The lowest BCUT2D eigenvalue weighted by molar-refractivity contribution is 0.0909. The Balaban J connectivity index is 1.51. The van der Waals surface area contributed by atoms with Gasteiger partial charge in [-0.1, -0.05) is 35.9 Å². The Labute approximate surface area is 194 Å². The molecule has 6 nitrogen and oxygen atoms in total. The average Bonchev–Trinajstić information content (AvgIpc) is 3.64. The molecule has 1 saturated carbocycles. The second-order valence-electron chi connectivity index (χ2n) is 8.32. The molecule has 2 aliphatic rings. The third kappa shape index (κ3) is 5.00. The lowest BCUT2D eigenvalue weighted by atomic mass is 10.0. The van der Waals surface area contributed by atoms with Gasteiger partial charge in [-0.3, -0.25) is 9.10 Å². The molecule has 2 aromatic rings. The molecule has 2 fully saturated rings. The highest BCUT2D eigenvalue weighted by molar-refractivity contribution is 7.92. The highest BCUT2D eigenvalue weighted by atomic mass is 35.5. The number of carbonyl (C=O) groups is 1. The number of hydrogen-bond acceptors (Lipinski definition) is 4. The molecule has 0 atom stereocenters. The number of nitrogens with one attached hydrogen (secondary N) is 1. The summed E-state index contributed by atoms with van der Waals surface area (Å²) < 4.78 is 28.1. The third-order valence-electron chi connectivity index (χ3n) is 6.03. The van der Waals surface area contributed by atoms with E-state index in [1.165, 1.54) is 35.4 Å². The first-order chi connectivity index (χ1) is 15.4. The van der Waals surface area contributed by atoms with Crippen LogP contribution in [0.2, 0.25) is 5.02 Å². The van der Waals surface area contributed by atoms with E-state index in [1.54, 1.807) is 36.4 Å². The van der Waals surface area contributed by atoms with Crippen LogP contribution in [0.25, 0.3) is 0 Å². The first-order valence-corrected chi connectivity index (χ1v) is 12.7. The van der Waals surface area contributed by atoms with E-state index in [1.807, 2.05) is 0 Å². The van der Waals surface area contributed by atoms with Gasteiger partial charge in [0, 0.05) is 30.7 Å². The van der Waals surface area contributed by atoms with E-state index in [-0.39, 0.29) is 23.4 Å². The van der Waals surface area contributed by atoms with Gasteiger partial charge < -0.3 is 10.2 Å². The molecule has 170 valence electrons. The molecule has 4 rings (SSSR count). The van der Waals surface area contributed by atoms with Crippen molar-refractivity contribution in [3.63, 3.8) is 0 Å². The van der Waals surface area contributed by atoms with E-state index in [4.69, 9.17) is 11.6 Å². The monoisotopic (exact) mass is 473 g/mol. The number of sulfonamides is 1.